The fraction of sp³-hybridized carbons (Fsp3) is 0.611. The molecule has 1 unspecified atom stereocenters. The SMILES string of the molecule is COCCCNC(=O)CN(C)CC(O)COCc1ccccc1OC. The van der Waals surface area contributed by atoms with E-state index in [1.165, 1.54) is 0 Å². The summed E-state index contributed by atoms with van der Waals surface area (Å²) < 4.78 is 15.7. The number of carbonyl (C=O) groups excluding carboxylic acids is 1. The number of benzene rings is 1. The van der Waals surface area contributed by atoms with Crippen LogP contribution in [0.4, 0.5) is 0 Å². The number of likely N-dealkylation sites (N-methyl/N-ethyl adjacent to an activating group) is 1. The van der Waals surface area contributed by atoms with Gasteiger partial charge in [-0.3, -0.25) is 9.69 Å². The van der Waals surface area contributed by atoms with Crippen molar-refractivity contribution in [3.8, 4) is 5.75 Å². The lowest BCUT2D eigenvalue weighted by Crippen LogP contribution is -2.40. The predicted molar refractivity (Wildman–Crippen MR) is 95.7 cm³/mol. The highest BCUT2D eigenvalue weighted by Crippen LogP contribution is 2.17. The molecule has 25 heavy (non-hydrogen) atoms. The van der Waals surface area contributed by atoms with E-state index in [1.807, 2.05) is 24.3 Å². The summed E-state index contributed by atoms with van der Waals surface area (Å²) in [4.78, 5) is 13.5. The van der Waals surface area contributed by atoms with Crippen molar-refractivity contribution < 1.29 is 24.1 Å². The molecule has 0 bridgehead atoms. The van der Waals surface area contributed by atoms with Crippen molar-refractivity contribution >= 4 is 5.91 Å². The van der Waals surface area contributed by atoms with Gasteiger partial charge >= 0.3 is 0 Å². The summed E-state index contributed by atoms with van der Waals surface area (Å²) in [6.07, 6.45) is 0.117. The van der Waals surface area contributed by atoms with Gasteiger partial charge in [-0.25, -0.2) is 0 Å². The Balaban J connectivity index is 2.20. The molecule has 1 atom stereocenters. The molecule has 7 nitrogen and oxygen atoms in total. The zero-order valence-corrected chi connectivity index (χ0v) is 15.4. The fourth-order valence-electron chi connectivity index (χ4n) is 2.35. The second kappa shape index (κ2) is 12.7. The first kappa shape index (κ1) is 21.4. The summed E-state index contributed by atoms with van der Waals surface area (Å²) in [5, 5.41) is 12.8. The van der Waals surface area contributed by atoms with Gasteiger partial charge in [-0.2, -0.15) is 0 Å². The van der Waals surface area contributed by atoms with E-state index in [9.17, 15) is 9.90 Å². The third-order valence-electron chi connectivity index (χ3n) is 3.54. The minimum absolute atomic E-state index is 0.0688. The van der Waals surface area contributed by atoms with Gasteiger partial charge in [0, 0.05) is 32.4 Å². The highest BCUT2D eigenvalue weighted by atomic mass is 16.5. The molecule has 0 heterocycles. The first-order valence-corrected chi connectivity index (χ1v) is 8.38. The average molecular weight is 354 g/mol. The predicted octanol–water partition coefficient (Wildman–Crippen LogP) is 0.657. The van der Waals surface area contributed by atoms with Crippen LogP contribution in [0.3, 0.4) is 0 Å². The molecule has 1 aromatic carbocycles. The number of ether oxygens (including phenoxy) is 3. The molecule has 2 N–H and O–H groups in total. The van der Waals surface area contributed by atoms with Crippen molar-refractivity contribution in [2.75, 3.05) is 54.1 Å². The van der Waals surface area contributed by atoms with E-state index in [0.717, 1.165) is 17.7 Å². The molecule has 0 aliphatic rings. The van der Waals surface area contributed by atoms with Crippen molar-refractivity contribution in [2.45, 2.75) is 19.1 Å². The van der Waals surface area contributed by atoms with Crippen LogP contribution < -0.4 is 10.1 Å². The van der Waals surface area contributed by atoms with Crippen LogP contribution in [0.25, 0.3) is 0 Å². The molecule has 1 aromatic rings. The zero-order chi connectivity index (χ0) is 18.5. The lowest BCUT2D eigenvalue weighted by atomic mass is 10.2. The number of hydrogen-bond acceptors (Lipinski definition) is 6. The van der Waals surface area contributed by atoms with E-state index in [0.29, 0.717) is 26.3 Å². The topological polar surface area (TPSA) is 80.3 Å². The van der Waals surface area contributed by atoms with Gasteiger partial charge in [0.1, 0.15) is 5.75 Å². The minimum Gasteiger partial charge on any atom is -0.496 e. The van der Waals surface area contributed by atoms with Crippen molar-refractivity contribution in [2.24, 2.45) is 0 Å². The summed E-state index contributed by atoms with van der Waals surface area (Å²) in [6.45, 7) is 2.36. The molecule has 0 saturated carbocycles. The van der Waals surface area contributed by atoms with Crippen LogP contribution in [0.5, 0.6) is 5.75 Å². The Hall–Kier alpha value is -1.67. The molecule has 0 spiro atoms. The molecule has 1 amide bonds. The number of aliphatic hydroxyl groups excluding tert-OH is 1. The smallest absolute Gasteiger partial charge is 0.234 e. The van der Waals surface area contributed by atoms with Crippen molar-refractivity contribution in [3.05, 3.63) is 29.8 Å². The molecule has 0 saturated heterocycles. The number of carbonyl (C=O) groups is 1. The third kappa shape index (κ3) is 9.40. The molecule has 0 aliphatic carbocycles. The number of amides is 1. The number of methoxy groups -OCH3 is 2. The van der Waals surface area contributed by atoms with Gasteiger partial charge in [0.2, 0.25) is 5.91 Å². The molecule has 0 fully saturated rings. The standard InChI is InChI=1S/C18H30N2O5/c1-20(12-18(22)19-9-6-10-23-2)11-16(21)14-25-13-15-7-4-5-8-17(15)24-3/h4-5,7-8,16,21H,6,9-14H2,1-3H3,(H,19,22). The largest absolute Gasteiger partial charge is 0.496 e. The van der Waals surface area contributed by atoms with Crippen molar-refractivity contribution in [1.29, 1.82) is 0 Å². The molecule has 7 heteroatoms. The Morgan fingerprint density at radius 3 is 2.80 bits per heavy atom. The van der Waals surface area contributed by atoms with Crippen LogP contribution >= 0.6 is 0 Å². The van der Waals surface area contributed by atoms with Crippen molar-refractivity contribution in [3.63, 3.8) is 0 Å². The lowest BCUT2D eigenvalue weighted by molar-refractivity contribution is -0.122. The molecule has 0 radical (unpaired) electrons. The molecular weight excluding hydrogens is 324 g/mol. The van der Waals surface area contributed by atoms with Crippen molar-refractivity contribution in [1.82, 2.24) is 10.2 Å². The van der Waals surface area contributed by atoms with E-state index in [-0.39, 0.29) is 19.1 Å². The fourth-order valence-corrected chi connectivity index (χ4v) is 2.35. The van der Waals surface area contributed by atoms with Gasteiger partial charge in [-0.1, -0.05) is 18.2 Å². The number of nitrogens with one attached hydrogen (secondary N) is 1. The first-order chi connectivity index (χ1) is 12.1. The monoisotopic (exact) mass is 354 g/mol. The molecule has 142 valence electrons. The number of para-hydroxylation sites is 1. The Morgan fingerprint density at radius 1 is 1.32 bits per heavy atom. The highest BCUT2D eigenvalue weighted by molar-refractivity contribution is 5.77. The summed E-state index contributed by atoms with van der Waals surface area (Å²) >= 11 is 0. The first-order valence-electron chi connectivity index (χ1n) is 8.38. The number of rotatable bonds is 13. The maximum atomic E-state index is 11.7. The van der Waals surface area contributed by atoms with Gasteiger partial charge in [0.15, 0.2) is 0 Å². The van der Waals surface area contributed by atoms with Crippen LogP contribution in [-0.2, 0) is 20.9 Å². The van der Waals surface area contributed by atoms with Gasteiger partial charge < -0.3 is 24.6 Å². The number of nitrogens with zero attached hydrogens (tertiary/aromatic N) is 1. The lowest BCUT2D eigenvalue weighted by Gasteiger charge is -2.20. The van der Waals surface area contributed by atoms with Gasteiger partial charge in [-0.05, 0) is 19.5 Å². The van der Waals surface area contributed by atoms with E-state index in [4.69, 9.17) is 14.2 Å². The van der Waals surface area contributed by atoms with Crippen LogP contribution in [-0.4, -0.2) is 76.1 Å². The average Bonchev–Trinajstić information content (AvgIpc) is 2.59. The zero-order valence-electron chi connectivity index (χ0n) is 15.4. The summed E-state index contributed by atoms with van der Waals surface area (Å²) in [7, 11) is 5.04. The maximum absolute atomic E-state index is 11.7. The van der Waals surface area contributed by atoms with Gasteiger partial charge in [-0.15, -0.1) is 0 Å². The van der Waals surface area contributed by atoms with Crippen LogP contribution in [0.15, 0.2) is 24.3 Å². The van der Waals surface area contributed by atoms with E-state index in [2.05, 4.69) is 5.32 Å². The van der Waals surface area contributed by atoms with E-state index < -0.39 is 6.10 Å². The molecule has 0 aromatic heterocycles. The third-order valence-corrected chi connectivity index (χ3v) is 3.54. The molecule has 0 aliphatic heterocycles. The summed E-state index contributed by atoms with van der Waals surface area (Å²) in [6, 6.07) is 7.60. The quantitative estimate of drug-likeness (QED) is 0.507. The van der Waals surface area contributed by atoms with Crippen LogP contribution in [0, 0.1) is 0 Å². The maximum Gasteiger partial charge on any atom is 0.234 e. The van der Waals surface area contributed by atoms with E-state index >= 15 is 0 Å². The Labute approximate surface area is 149 Å². The Morgan fingerprint density at radius 2 is 2.08 bits per heavy atom. The summed E-state index contributed by atoms with van der Waals surface area (Å²) in [5.41, 5.74) is 0.931. The Kier molecular flexibility index (Phi) is 10.8. The second-order valence-electron chi connectivity index (χ2n) is 5.87. The van der Waals surface area contributed by atoms with Crippen LogP contribution in [0.2, 0.25) is 0 Å². The molecular formula is C18H30N2O5. The van der Waals surface area contributed by atoms with Crippen LogP contribution in [0.1, 0.15) is 12.0 Å². The second-order valence-corrected chi connectivity index (χ2v) is 5.87. The number of aliphatic hydroxyl groups is 1. The number of hydrogen-bond donors (Lipinski definition) is 2. The minimum atomic E-state index is -0.666. The Bertz CT molecular complexity index is 498. The highest BCUT2D eigenvalue weighted by Gasteiger charge is 2.12. The van der Waals surface area contributed by atoms with Gasteiger partial charge in [0.25, 0.3) is 0 Å². The molecule has 1 rings (SSSR count). The van der Waals surface area contributed by atoms with Gasteiger partial charge in [0.05, 0.1) is 33.0 Å². The summed E-state index contributed by atoms with van der Waals surface area (Å²) in [5.74, 6) is 0.694. The van der Waals surface area contributed by atoms with E-state index in [1.54, 1.807) is 26.2 Å². The normalized spacial score (nSPS) is 12.2.